The van der Waals surface area contributed by atoms with E-state index in [1.807, 2.05) is 39.4 Å². The average Bonchev–Trinajstić information content (AvgIpc) is 3.37. The van der Waals surface area contributed by atoms with Crippen molar-refractivity contribution in [2.45, 2.75) is 290 Å². The van der Waals surface area contributed by atoms with E-state index in [1.54, 1.807) is 0 Å². The van der Waals surface area contributed by atoms with Crippen molar-refractivity contribution in [2.75, 3.05) is 40.9 Å². The maximum atomic E-state index is 13.5. The third-order valence-corrected chi connectivity index (χ3v) is 14.6. The van der Waals surface area contributed by atoms with Crippen LogP contribution in [-0.4, -0.2) is 69.4 Å². The first-order chi connectivity index (χ1) is 36.4. The fourth-order valence-electron chi connectivity index (χ4n) is 8.76. The van der Waals surface area contributed by atoms with Crippen molar-refractivity contribution in [1.29, 1.82) is 0 Å². The standard InChI is InChI=1S/C65H119N2O7P/c1-7-10-13-16-19-22-25-27-28-29-30-31-32-33-34-35-36-37-38-40-42-45-48-51-54-57-64(68)66-62(61-73-75(70,71)72-60-59-67(4,5)6)63(56-53-50-47-44-41-24-21-18-15-12-9-3)74-65(69)58-55-52-49-46-43-39-26-23-20-17-14-11-8-2/h19,22,27-28,30-31,39,43,49,52-53,56,62-63H,7-18,20-21,23-26,29,32-38,40-42,44-48,50-51,54-55,57-61H2,1-6H3,(H-,66,68,70,71)/b22-19-,28-27-,31-30-,43-39-,52-49+,56-53-. The smallest absolute Gasteiger partial charge is 0.306 e. The van der Waals surface area contributed by atoms with Gasteiger partial charge in [0.1, 0.15) is 19.3 Å². The molecular weight excluding hydrogens is 952 g/mol. The van der Waals surface area contributed by atoms with Crippen molar-refractivity contribution in [1.82, 2.24) is 5.32 Å². The second-order valence-electron chi connectivity index (χ2n) is 22.2. The number of nitrogens with zero attached hydrogens (tertiary/aromatic N) is 1. The molecule has 75 heavy (non-hydrogen) atoms. The molecule has 3 unspecified atom stereocenters. The summed E-state index contributed by atoms with van der Waals surface area (Å²) in [5, 5.41) is 3.01. The second-order valence-corrected chi connectivity index (χ2v) is 23.6. The number of carbonyl (C=O) groups is 2. The van der Waals surface area contributed by atoms with E-state index in [4.69, 9.17) is 13.8 Å². The molecule has 0 radical (unpaired) electrons. The Morgan fingerprint density at radius 2 is 0.827 bits per heavy atom. The summed E-state index contributed by atoms with van der Waals surface area (Å²) in [7, 11) is 1.16. The molecule has 0 aromatic carbocycles. The SMILES string of the molecule is CCCCC/C=C\C/C=C\C/C=C\CCCCCCCCCCCCCCC(=O)NC(COP(=O)([O-])OCC[N+](C)(C)C)C(/C=C\CCCCCCCCCCC)OC(=O)CC/C=C/C/C=C\CCCCCCCC. The van der Waals surface area contributed by atoms with Gasteiger partial charge >= 0.3 is 5.97 Å². The number of rotatable bonds is 56. The van der Waals surface area contributed by atoms with Crippen molar-refractivity contribution >= 4 is 19.7 Å². The number of quaternary nitrogens is 1. The van der Waals surface area contributed by atoms with Gasteiger partial charge in [0.15, 0.2) is 0 Å². The molecule has 0 aliphatic heterocycles. The van der Waals surface area contributed by atoms with E-state index in [0.29, 0.717) is 23.9 Å². The van der Waals surface area contributed by atoms with Gasteiger partial charge in [0.05, 0.1) is 33.8 Å². The summed E-state index contributed by atoms with van der Waals surface area (Å²) < 4.78 is 30.2. The van der Waals surface area contributed by atoms with Crippen LogP contribution in [0.15, 0.2) is 72.9 Å². The molecule has 9 nitrogen and oxygen atoms in total. The number of unbranched alkanes of at least 4 members (excludes halogenated alkanes) is 30. The van der Waals surface area contributed by atoms with Crippen LogP contribution in [0, 0.1) is 0 Å². The largest absolute Gasteiger partial charge is 0.756 e. The zero-order chi connectivity index (χ0) is 55.0. The third-order valence-electron chi connectivity index (χ3n) is 13.6. The van der Waals surface area contributed by atoms with Crippen molar-refractivity contribution in [2.24, 2.45) is 0 Å². The average molecular weight is 1070 g/mol. The van der Waals surface area contributed by atoms with Crippen LogP contribution in [0.5, 0.6) is 0 Å². The first kappa shape index (κ1) is 72.5. The number of likely N-dealkylation sites (N-methyl/N-ethyl adjacent to an activating group) is 1. The molecule has 0 heterocycles. The van der Waals surface area contributed by atoms with Crippen molar-refractivity contribution in [3.05, 3.63) is 72.9 Å². The quantitative estimate of drug-likeness (QED) is 0.0212. The van der Waals surface area contributed by atoms with E-state index in [2.05, 4.69) is 80.8 Å². The molecule has 0 saturated carbocycles. The molecule has 0 aliphatic rings. The normalized spacial score (nSPS) is 14.2. The summed E-state index contributed by atoms with van der Waals surface area (Å²) >= 11 is 0. The van der Waals surface area contributed by atoms with E-state index in [0.717, 1.165) is 70.6 Å². The lowest BCUT2D eigenvalue weighted by Gasteiger charge is -2.30. The summed E-state index contributed by atoms with van der Waals surface area (Å²) in [5.74, 6) is -0.620. The Bertz CT molecular complexity index is 1510. The van der Waals surface area contributed by atoms with Gasteiger partial charge in [0, 0.05) is 12.8 Å². The number of amides is 1. The van der Waals surface area contributed by atoms with Crippen LogP contribution < -0.4 is 10.2 Å². The maximum absolute atomic E-state index is 13.5. The van der Waals surface area contributed by atoms with Crippen LogP contribution in [0.3, 0.4) is 0 Å². The minimum absolute atomic E-state index is 0.0318. The summed E-state index contributed by atoms with van der Waals surface area (Å²) in [6, 6.07) is -0.913. The Labute approximate surface area is 463 Å². The van der Waals surface area contributed by atoms with Crippen molar-refractivity contribution in [3.63, 3.8) is 0 Å². The molecule has 0 aliphatic carbocycles. The molecule has 0 spiro atoms. The first-order valence-electron chi connectivity index (χ1n) is 31.2. The second kappa shape index (κ2) is 54.8. The topological polar surface area (TPSA) is 114 Å². The molecule has 0 bridgehead atoms. The van der Waals surface area contributed by atoms with E-state index >= 15 is 0 Å². The van der Waals surface area contributed by atoms with Gasteiger partial charge < -0.3 is 28.5 Å². The van der Waals surface area contributed by atoms with Gasteiger partial charge in [0.2, 0.25) is 5.91 Å². The Balaban J connectivity index is 5.13. The van der Waals surface area contributed by atoms with Crippen molar-refractivity contribution < 1.29 is 37.3 Å². The summed E-state index contributed by atoms with van der Waals surface area (Å²) in [5.41, 5.74) is 0. The monoisotopic (exact) mass is 1070 g/mol. The van der Waals surface area contributed by atoms with E-state index in [9.17, 15) is 19.0 Å². The highest BCUT2D eigenvalue weighted by atomic mass is 31.2. The Morgan fingerprint density at radius 1 is 0.467 bits per heavy atom. The minimum atomic E-state index is -4.71. The number of nitrogens with one attached hydrogen (secondary N) is 1. The Hall–Kier alpha value is -2.55. The van der Waals surface area contributed by atoms with Gasteiger partial charge in [-0.2, -0.15) is 0 Å². The van der Waals surface area contributed by atoms with Crippen LogP contribution in [0.4, 0.5) is 0 Å². The highest BCUT2D eigenvalue weighted by Crippen LogP contribution is 2.38. The lowest BCUT2D eigenvalue weighted by molar-refractivity contribution is -0.870. The summed E-state index contributed by atoms with van der Waals surface area (Å²) in [6.45, 7) is 6.77. The fourth-order valence-corrected chi connectivity index (χ4v) is 9.48. The molecule has 0 aromatic heterocycles. The number of allylic oxidation sites excluding steroid dienone is 11. The predicted molar refractivity (Wildman–Crippen MR) is 321 cm³/mol. The number of phosphoric acid groups is 1. The molecular formula is C65H119N2O7P. The van der Waals surface area contributed by atoms with Crippen LogP contribution in [0.25, 0.3) is 0 Å². The highest BCUT2D eigenvalue weighted by molar-refractivity contribution is 7.45. The van der Waals surface area contributed by atoms with E-state index in [-0.39, 0.29) is 18.9 Å². The molecule has 3 atom stereocenters. The Morgan fingerprint density at radius 3 is 1.27 bits per heavy atom. The predicted octanol–water partition coefficient (Wildman–Crippen LogP) is 18.6. The number of hydrogen-bond donors (Lipinski definition) is 1. The molecule has 1 N–H and O–H groups in total. The van der Waals surface area contributed by atoms with Gasteiger partial charge in [-0.15, -0.1) is 0 Å². The number of ether oxygens (including phenoxy) is 1. The summed E-state index contributed by atoms with van der Waals surface area (Å²) in [4.78, 5) is 39.9. The molecule has 436 valence electrons. The van der Waals surface area contributed by atoms with Gasteiger partial charge in [-0.1, -0.05) is 248 Å². The van der Waals surface area contributed by atoms with E-state index < -0.39 is 32.5 Å². The molecule has 0 saturated heterocycles. The first-order valence-corrected chi connectivity index (χ1v) is 32.7. The van der Waals surface area contributed by atoms with Crippen LogP contribution in [-0.2, 0) is 27.9 Å². The zero-order valence-electron chi connectivity index (χ0n) is 49.7. The third kappa shape index (κ3) is 56.0. The fraction of sp³-hybridized carbons (Fsp3) is 0.785. The molecule has 10 heteroatoms. The number of esters is 1. The number of hydrogen-bond acceptors (Lipinski definition) is 7. The Kier molecular flexibility index (Phi) is 52.9. The van der Waals surface area contributed by atoms with Crippen LogP contribution in [0.1, 0.15) is 278 Å². The highest BCUT2D eigenvalue weighted by Gasteiger charge is 2.27. The van der Waals surface area contributed by atoms with Crippen LogP contribution >= 0.6 is 7.82 Å². The lowest BCUT2D eigenvalue weighted by Crippen LogP contribution is -2.47. The maximum Gasteiger partial charge on any atom is 0.306 e. The molecule has 0 rings (SSSR count). The van der Waals surface area contributed by atoms with E-state index in [1.165, 1.54) is 167 Å². The summed E-state index contributed by atoms with van der Waals surface area (Å²) in [6.07, 6.45) is 70.3. The minimum Gasteiger partial charge on any atom is -0.756 e. The number of carbonyl (C=O) groups excluding carboxylic acids is 2. The lowest BCUT2D eigenvalue weighted by atomic mass is 10.0. The molecule has 1 amide bonds. The molecule has 0 aromatic rings. The van der Waals surface area contributed by atoms with Gasteiger partial charge in [0.25, 0.3) is 7.82 Å². The van der Waals surface area contributed by atoms with Crippen LogP contribution in [0.2, 0.25) is 0 Å². The zero-order valence-corrected chi connectivity index (χ0v) is 50.6. The van der Waals surface area contributed by atoms with Gasteiger partial charge in [-0.05, 0) is 89.5 Å². The van der Waals surface area contributed by atoms with Crippen molar-refractivity contribution in [3.8, 4) is 0 Å². The van der Waals surface area contributed by atoms with Gasteiger partial charge in [-0.3, -0.25) is 14.2 Å². The molecule has 0 fully saturated rings. The van der Waals surface area contributed by atoms with Gasteiger partial charge in [-0.25, -0.2) is 0 Å². The number of phosphoric ester groups is 1.